The van der Waals surface area contributed by atoms with Crippen LogP contribution in [-0.2, 0) is 9.84 Å². The Balaban J connectivity index is 2.04. The lowest BCUT2D eigenvalue weighted by Gasteiger charge is -2.06. The van der Waals surface area contributed by atoms with E-state index >= 15 is 0 Å². The molecule has 72 valence electrons. The van der Waals surface area contributed by atoms with E-state index in [1.807, 2.05) is 0 Å². The first-order valence-corrected chi connectivity index (χ1v) is 6.44. The molecule has 0 spiro atoms. The van der Waals surface area contributed by atoms with Crippen molar-refractivity contribution >= 4 is 9.84 Å². The van der Waals surface area contributed by atoms with E-state index in [9.17, 15) is 8.42 Å². The zero-order valence-electron chi connectivity index (χ0n) is 7.54. The maximum absolute atomic E-state index is 10.7. The van der Waals surface area contributed by atoms with Crippen molar-refractivity contribution in [2.75, 3.05) is 12.0 Å². The molecule has 1 aliphatic rings. The summed E-state index contributed by atoms with van der Waals surface area (Å²) in [4.78, 5) is 0. The number of hydrogen-bond acceptors (Lipinski definition) is 3. The molecular formula is C8H17NO2S. The van der Waals surface area contributed by atoms with Gasteiger partial charge >= 0.3 is 0 Å². The van der Waals surface area contributed by atoms with Crippen molar-refractivity contribution in [3.05, 3.63) is 0 Å². The number of hydrogen-bond donors (Lipinski definition) is 1. The lowest BCUT2D eigenvalue weighted by molar-refractivity contribution is 0.560. The third-order valence-electron chi connectivity index (χ3n) is 2.33. The van der Waals surface area contributed by atoms with Crippen LogP contribution < -0.4 is 5.73 Å². The van der Waals surface area contributed by atoms with Gasteiger partial charge in [-0.2, -0.15) is 0 Å². The Morgan fingerprint density at radius 2 is 1.92 bits per heavy atom. The van der Waals surface area contributed by atoms with Crippen molar-refractivity contribution in [3.63, 3.8) is 0 Å². The van der Waals surface area contributed by atoms with Crippen molar-refractivity contribution in [1.29, 1.82) is 0 Å². The van der Waals surface area contributed by atoms with Gasteiger partial charge in [-0.3, -0.25) is 0 Å². The highest BCUT2D eigenvalue weighted by Gasteiger charge is 2.36. The monoisotopic (exact) mass is 191 g/mol. The average Bonchev–Trinajstić information content (AvgIpc) is 2.60. The van der Waals surface area contributed by atoms with E-state index in [2.05, 4.69) is 0 Å². The maximum atomic E-state index is 10.7. The Labute approximate surface area is 74.3 Å². The van der Waals surface area contributed by atoms with Crippen LogP contribution in [0.3, 0.4) is 0 Å². The first-order chi connectivity index (χ1) is 5.41. The fourth-order valence-electron chi connectivity index (χ4n) is 1.25. The molecule has 1 fully saturated rings. The molecule has 2 N–H and O–H groups in total. The van der Waals surface area contributed by atoms with E-state index in [-0.39, 0.29) is 5.54 Å². The van der Waals surface area contributed by atoms with E-state index in [1.165, 1.54) is 6.26 Å². The highest BCUT2D eigenvalue weighted by molar-refractivity contribution is 7.90. The quantitative estimate of drug-likeness (QED) is 0.650. The SMILES string of the molecule is CS(=O)(=O)CCCCC1(N)CC1. The molecule has 0 saturated heterocycles. The zero-order chi connectivity index (χ0) is 9.24. The molecule has 0 heterocycles. The lowest BCUT2D eigenvalue weighted by Crippen LogP contribution is -2.21. The van der Waals surface area contributed by atoms with Gasteiger partial charge in [-0.05, 0) is 25.7 Å². The van der Waals surface area contributed by atoms with Gasteiger partial charge in [0.2, 0.25) is 0 Å². The summed E-state index contributed by atoms with van der Waals surface area (Å²) in [5, 5.41) is 0. The number of rotatable bonds is 5. The van der Waals surface area contributed by atoms with Crippen LogP contribution >= 0.6 is 0 Å². The minimum Gasteiger partial charge on any atom is -0.325 e. The molecule has 0 aromatic rings. The van der Waals surface area contributed by atoms with Gasteiger partial charge in [0.1, 0.15) is 9.84 Å². The van der Waals surface area contributed by atoms with Crippen molar-refractivity contribution in [2.45, 2.75) is 37.6 Å². The molecule has 3 nitrogen and oxygen atoms in total. The predicted octanol–water partition coefficient (Wildman–Crippen LogP) is 0.693. The van der Waals surface area contributed by atoms with Gasteiger partial charge in [-0.1, -0.05) is 6.42 Å². The molecule has 1 aliphatic carbocycles. The van der Waals surface area contributed by atoms with Crippen LogP contribution in [-0.4, -0.2) is 26.0 Å². The van der Waals surface area contributed by atoms with Gasteiger partial charge in [-0.25, -0.2) is 8.42 Å². The largest absolute Gasteiger partial charge is 0.325 e. The Morgan fingerprint density at radius 3 is 2.33 bits per heavy atom. The third-order valence-corrected chi connectivity index (χ3v) is 3.36. The number of unbranched alkanes of at least 4 members (excludes halogenated alkanes) is 1. The van der Waals surface area contributed by atoms with E-state index in [0.29, 0.717) is 5.75 Å². The third kappa shape index (κ3) is 4.07. The molecule has 0 unspecified atom stereocenters. The van der Waals surface area contributed by atoms with E-state index < -0.39 is 9.84 Å². The molecule has 0 aromatic carbocycles. The van der Waals surface area contributed by atoms with Crippen LogP contribution in [0.15, 0.2) is 0 Å². The van der Waals surface area contributed by atoms with Crippen molar-refractivity contribution in [1.82, 2.24) is 0 Å². The van der Waals surface area contributed by atoms with E-state index in [1.54, 1.807) is 0 Å². The molecule has 4 heteroatoms. The fourth-order valence-corrected chi connectivity index (χ4v) is 1.98. The van der Waals surface area contributed by atoms with Crippen LogP contribution in [0.1, 0.15) is 32.1 Å². The van der Waals surface area contributed by atoms with Gasteiger partial charge in [0, 0.05) is 17.5 Å². The van der Waals surface area contributed by atoms with Crippen LogP contribution in [0.25, 0.3) is 0 Å². The predicted molar refractivity (Wildman–Crippen MR) is 49.7 cm³/mol. The summed E-state index contributed by atoms with van der Waals surface area (Å²) in [5.41, 5.74) is 5.93. The number of nitrogens with two attached hydrogens (primary N) is 1. The minimum absolute atomic E-state index is 0.0809. The van der Waals surface area contributed by atoms with Crippen LogP contribution in [0, 0.1) is 0 Å². The summed E-state index contributed by atoms with van der Waals surface area (Å²) < 4.78 is 21.5. The molecular weight excluding hydrogens is 174 g/mol. The molecule has 0 bridgehead atoms. The standard InChI is InChI=1S/C8H17NO2S/c1-12(10,11)7-3-2-4-8(9)5-6-8/h2-7,9H2,1H3. The lowest BCUT2D eigenvalue weighted by atomic mass is 10.1. The highest BCUT2D eigenvalue weighted by atomic mass is 32.2. The van der Waals surface area contributed by atoms with Crippen molar-refractivity contribution in [2.24, 2.45) is 5.73 Å². The summed E-state index contributed by atoms with van der Waals surface area (Å²) in [5.74, 6) is 0.309. The van der Waals surface area contributed by atoms with E-state index in [0.717, 1.165) is 32.1 Å². The van der Waals surface area contributed by atoms with E-state index in [4.69, 9.17) is 5.73 Å². The van der Waals surface area contributed by atoms with Gasteiger partial charge in [-0.15, -0.1) is 0 Å². The van der Waals surface area contributed by atoms with Gasteiger partial charge in [0.05, 0.1) is 0 Å². The molecule has 0 amide bonds. The fraction of sp³-hybridized carbons (Fsp3) is 1.00. The van der Waals surface area contributed by atoms with Crippen LogP contribution in [0.4, 0.5) is 0 Å². The number of sulfone groups is 1. The topological polar surface area (TPSA) is 60.2 Å². The Hall–Kier alpha value is -0.0900. The Kier molecular flexibility index (Phi) is 2.78. The first-order valence-electron chi connectivity index (χ1n) is 4.38. The second-order valence-electron chi connectivity index (χ2n) is 3.95. The van der Waals surface area contributed by atoms with Crippen LogP contribution in [0.5, 0.6) is 0 Å². The van der Waals surface area contributed by atoms with Crippen molar-refractivity contribution in [3.8, 4) is 0 Å². The second kappa shape index (κ2) is 3.34. The summed E-state index contributed by atoms with van der Waals surface area (Å²) >= 11 is 0. The van der Waals surface area contributed by atoms with Crippen LogP contribution in [0.2, 0.25) is 0 Å². The van der Waals surface area contributed by atoms with Gasteiger partial charge < -0.3 is 5.73 Å². The second-order valence-corrected chi connectivity index (χ2v) is 6.21. The zero-order valence-corrected chi connectivity index (χ0v) is 8.36. The molecule has 0 radical (unpaired) electrons. The molecule has 12 heavy (non-hydrogen) atoms. The Morgan fingerprint density at radius 1 is 1.33 bits per heavy atom. The summed E-state index contributed by atoms with van der Waals surface area (Å²) in [6, 6.07) is 0. The summed E-state index contributed by atoms with van der Waals surface area (Å²) in [6.45, 7) is 0. The summed E-state index contributed by atoms with van der Waals surface area (Å²) in [6.07, 6.45) is 6.21. The normalized spacial score (nSPS) is 20.8. The smallest absolute Gasteiger partial charge is 0.147 e. The first kappa shape index (κ1) is 9.99. The maximum Gasteiger partial charge on any atom is 0.147 e. The highest BCUT2D eigenvalue weighted by Crippen LogP contribution is 2.36. The molecule has 1 saturated carbocycles. The summed E-state index contributed by atoms with van der Waals surface area (Å²) in [7, 11) is -2.76. The molecule has 1 rings (SSSR count). The van der Waals surface area contributed by atoms with Crippen molar-refractivity contribution < 1.29 is 8.42 Å². The molecule has 0 atom stereocenters. The minimum atomic E-state index is -2.76. The Bertz CT molecular complexity index is 242. The molecule has 0 aromatic heterocycles. The molecule has 0 aliphatic heterocycles. The average molecular weight is 191 g/mol. The van der Waals surface area contributed by atoms with Gasteiger partial charge in [0.15, 0.2) is 0 Å². The van der Waals surface area contributed by atoms with Gasteiger partial charge in [0.25, 0.3) is 0 Å².